The number of nitrogens with zero attached hydrogens (tertiary/aromatic N) is 7. The molecule has 1 amide bonds. The van der Waals surface area contributed by atoms with Crippen molar-refractivity contribution in [2.75, 3.05) is 0 Å². The average molecular weight is 513 g/mol. The summed E-state index contributed by atoms with van der Waals surface area (Å²) in [6, 6.07) is 2.75. The number of halogens is 2. The molecule has 1 fully saturated rings. The lowest BCUT2D eigenvalue weighted by Crippen LogP contribution is -2.39. The van der Waals surface area contributed by atoms with E-state index in [4.69, 9.17) is 11.6 Å². The van der Waals surface area contributed by atoms with Crippen LogP contribution in [0.25, 0.3) is 22.6 Å². The molecule has 2 atom stereocenters. The van der Waals surface area contributed by atoms with E-state index in [1.165, 1.54) is 34.5 Å². The number of aromatic amines is 1. The van der Waals surface area contributed by atoms with E-state index >= 15 is 4.39 Å². The molecular weight excluding hydrogens is 495 g/mol. The summed E-state index contributed by atoms with van der Waals surface area (Å²) in [6.07, 6.45) is 6.53. The molecule has 10 nitrogen and oxygen atoms in total. The molecule has 3 aromatic heterocycles. The van der Waals surface area contributed by atoms with Crippen molar-refractivity contribution in [1.29, 1.82) is 0 Å². The molecule has 35 heavy (non-hydrogen) atoms. The fraction of sp³-hybridized carbons (Fsp3) is 0.273. The number of aliphatic hydroxyl groups is 1. The maximum absolute atomic E-state index is 15.2. The minimum Gasteiger partial charge on any atom is -0.389 e. The number of rotatable bonds is 5. The Balaban J connectivity index is 1.32. The standard InChI is InChI=1S/C22H18ClFN8O2S/c23-13-2-4-16(31-10-26-29-30-31)20(21(13)24)11-5-12-1-3-17(32(12)19(34)6-11)22-25-7-14(28-22)15-9-35-18(8-33)27-15/h2,4,6-7,9-10,12,17,33H,1,3,5,8H2,(H,25,28)/t12-,17+/m1/s1. The van der Waals surface area contributed by atoms with Crippen LogP contribution < -0.4 is 0 Å². The summed E-state index contributed by atoms with van der Waals surface area (Å²) in [4.78, 5) is 27.4. The van der Waals surface area contributed by atoms with Crippen molar-refractivity contribution in [2.24, 2.45) is 0 Å². The van der Waals surface area contributed by atoms with Crippen molar-refractivity contribution in [3.63, 3.8) is 0 Å². The van der Waals surface area contributed by atoms with Gasteiger partial charge in [-0.3, -0.25) is 4.79 Å². The number of carbonyl (C=O) groups is 1. The van der Waals surface area contributed by atoms with Crippen LogP contribution >= 0.6 is 22.9 Å². The fourth-order valence-corrected chi connectivity index (χ4v) is 5.65. The van der Waals surface area contributed by atoms with Crippen LogP contribution in [0.2, 0.25) is 5.02 Å². The molecule has 2 aliphatic heterocycles. The Hall–Kier alpha value is -3.48. The maximum Gasteiger partial charge on any atom is 0.247 e. The topological polar surface area (TPSA) is 126 Å². The highest BCUT2D eigenvalue weighted by atomic mass is 35.5. The van der Waals surface area contributed by atoms with E-state index in [0.717, 1.165) is 12.8 Å². The number of carbonyl (C=O) groups excluding carboxylic acids is 1. The summed E-state index contributed by atoms with van der Waals surface area (Å²) in [6.45, 7) is -0.119. The van der Waals surface area contributed by atoms with Crippen LogP contribution in [0.15, 0.2) is 36.1 Å². The first-order valence-corrected chi connectivity index (χ1v) is 12.1. The molecule has 0 unspecified atom stereocenters. The number of H-pyrrole nitrogens is 1. The fourth-order valence-electron chi connectivity index (χ4n) is 4.84. The molecule has 0 spiro atoms. The van der Waals surface area contributed by atoms with E-state index in [1.807, 2.05) is 10.3 Å². The summed E-state index contributed by atoms with van der Waals surface area (Å²) in [5.41, 5.74) is 2.54. The van der Waals surface area contributed by atoms with Crippen LogP contribution in [0, 0.1) is 5.82 Å². The summed E-state index contributed by atoms with van der Waals surface area (Å²) in [5, 5.41) is 22.8. The number of hydrogen-bond donors (Lipinski definition) is 2. The average Bonchev–Trinajstić information content (AvgIpc) is 3.66. The summed E-state index contributed by atoms with van der Waals surface area (Å²) in [7, 11) is 0. The van der Waals surface area contributed by atoms with Crippen LogP contribution in [-0.2, 0) is 11.4 Å². The maximum atomic E-state index is 15.2. The number of amides is 1. The number of imidazole rings is 1. The molecule has 1 aromatic carbocycles. The van der Waals surface area contributed by atoms with Gasteiger partial charge in [-0.15, -0.1) is 16.4 Å². The molecule has 178 valence electrons. The highest BCUT2D eigenvalue weighted by Crippen LogP contribution is 2.44. The van der Waals surface area contributed by atoms with Gasteiger partial charge in [-0.1, -0.05) is 11.6 Å². The summed E-state index contributed by atoms with van der Waals surface area (Å²) in [5.74, 6) is -0.146. The second-order valence-corrected chi connectivity index (χ2v) is 9.68. The van der Waals surface area contributed by atoms with Crippen LogP contribution in [0.5, 0.6) is 0 Å². The van der Waals surface area contributed by atoms with Crippen molar-refractivity contribution >= 4 is 34.4 Å². The normalized spacial score (nSPS) is 19.8. The van der Waals surface area contributed by atoms with Gasteiger partial charge in [0, 0.05) is 29.3 Å². The Labute approximate surface area is 207 Å². The number of fused-ring (bicyclic) bond motifs is 1. The second-order valence-electron chi connectivity index (χ2n) is 8.33. The highest BCUT2D eigenvalue weighted by molar-refractivity contribution is 7.09. The Kier molecular flexibility index (Phi) is 5.43. The van der Waals surface area contributed by atoms with Gasteiger partial charge >= 0.3 is 0 Å². The van der Waals surface area contributed by atoms with Gasteiger partial charge in [-0.05, 0) is 47.4 Å². The molecule has 4 aromatic rings. The van der Waals surface area contributed by atoms with Gasteiger partial charge < -0.3 is 15.0 Å². The van der Waals surface area contributed by atoms with Gasteiger partial charge in [0.1, 0.15) is 28.5 Å². The van der Waals surface area contributed by atoms with Gasteiger partial charge in [-0.2, -0.15) is 4.68 Å². The predicted molar refractivity (Wildman–Crippen MR) is 125 cm³/mol. The molecular formula is C22H18ClFN8O2S. The molecule has 0 aliphatic carbocycles. The summed E-state index contributed by atoms with van der Waals surface area (Å²) < 4.78 is 16.6. The van der Waals surface area contributed by atoms with Crippen molar-refractivity contribution in [3.8, 4) is 17.1 Å². The first kappa shape index (κ1) is 22.0. The molecule has 0 saturated carbocycles. The van der Waals surface area contributed by atoms with E-state index < -0.39 is 5.82 Å². The molecule has 0 radical (unpaired) electrons. The number of hydrogen-bond acceptors (Lipinski definition) is 8. The number of thiazole rings is 1. The Morgan fingerprint density at radius 1 is 1.26 bits per heavy atom. The van der Waals surface area contributed by atoms with E-state index in [2.05, 4.69) is 30.5 Å². The minimum atomic E-state index is -0.608. The lowest BCUT2D eigenvalue weighted by molar-refractivity contribution is -0.129. The van der Waals surface area contributed by atoms with Gasteiger partial charge in [0.25, 0.3) is 0 Å². The zero-order chi connectivity index (χ0) is 24.1. The van der Waals surface area contributed by atoms with E-state index in [-0.39, 0.29) is 35.2 Å². The quantitative estimate of drug-likeness (QED) is 0.420. The van der Waals surface area contributed by atoms with E-state index in [9.17, 15) is 9.90 Å². The number of aliphatic hydroxyl groups excluding tert-OH is 1. The third kappa shape index (κ3) is 3.74. The monoisotopic (exact) mass is 512 g/mol. The van der Waals surface area contributed by atoms with Gasteiger partial charge in [0.05, 0.1) is 23.4 Å². The molecule has 13 heteroatoms. The minimum absolute atomic E-state index is 0.0357. The third-order valence-electron chi connectivity index (χ3n) is 6.36. The molecule has 5 heterocycles. The molecule has 2 N–H and O–H groups in total. The van der Waals surface area contributed by atoms with Crippen LogP contribution in [0.3, 0.4) is 0 Å². The van der Waals surface area contributed by atoms with Gasteiger partial charge in [0.15, 0.2) is 5.82 Å². The largest absolute Gasteiger partial charge is 0.389 e. The first-order chi connectivity index (χ1) is 17.0. The van der Waals surface area contributed by atoms with Crippen LogP contribution in [0.1, 0.15) is 41.7 Å². The smallest absolute Gasteiger partial charge is 0.247 e. The lowest BCUT2D eigenvalue weighted by atomic mass is 9.92. The SMILES string of the molecule is O=C1C=C(c2c(-n3cnnn3)ccc(Cl)c2F)C[C@H]2CC[C@@H](c3nc(-c4csc(CO)n4)c[nH]3)N12. The second kappa shape index (κ2) is 8.63. The Morgan fingerprint density at radius 3 is 2.91 bits per heavy atom. The van der Waals surface area contributed by atoms with Gasteiger partial charge in [0.2, 0.25) is 5.91 Å². The van der Waals surface area contributed by atoms with E-state index in [0.29, 0.717) is 39.9 Å². The lowest BCUT2D eigenvalue weighted by Gasteiger charge is -2.33. The van der Waals surface area contributed by atoms with Crippen LogP contribution in [-0.4, -0.2) is 57.1 Å². The number of benzene rings is 1. The van der Waals surface area contributed by atoms with Gasteiger partial charge in [-0.25, -0.2) is 14.4 Å². The third-order valence-corrected chi connectivity index (χ3v) is 7.49. The van der Waals surface area contributed by atoms with E-state index in [1.54, 1.807) is 12.3 Å². The van der Waals surface area contributed by atoms with Crippen molar-refractivity contribution in [1.82, 2.24) is 40.1 Å². The molecule has 6 rings (SSSR count). The predicted octanol–water partition coefficient (Wildman–Crippen LogP) is 3.31. The zero-order valence-electron chi connectivity index (χ0n) is 18.1. The molecule has 2 aliphatic rings. The van der Waals surface area contributed by atoms with Crippen molar-refractivity contribution < 1.29 is 14.3 Å². The molecule has 1 saturated heterocycles. The zero-order valence-corrected chi connectivity index (χ0v) is 19.7. The number of aromatic nitrogens is 7. The summed E-state index contributed by atoms with van der Waals surface area (Å²) >= 11 is 7.46. The van der Waals surface area contributed by atoms with Crippen molar-refractivity contribution in [3.05, 3.63) is 63.3 Å². The number of nitrogens with one attached hydrogen (secondary N) is 1. The van der Waals surface area contributed by atoms with Crippen LogP contribution in [0.4, 0.5) is 4.39 Å². The van der Waals surface area contributed by atoms with Crippen molar-refractivity contribution in [2.45, 2.75) is 38.0 Å². The first-order valence-electron chi connectivity index (χ1n) is 10.9. The Morgan fingerprint density at radius 2 is 2.14 bits per heavy atom. The molecule has 0 bridgehead atoms. The number of tetrazole rings is 1. The Bertz CT molecular complexity index is 1450. The highest BCUT2D eigenvalue weighted by Gasteiger charge is 2.42.